The van der Waals surface area contributed by atoms with Gasteiger partial charge in [-0.2, -0.15) is 0 Å². The highest BCUT2D eigenvalue weighted by Gasteiger charge is 2.42. The molecule has 1 unspecified atom stereocenters. The van der Waals surface area contributed by atoms with Gasteiger partial charge in [-0.05, 0) is 55.3 Å². The number of carboxylic acids is 1. The molecule has 3 atom stereocenters. The molecule has 1 saturated heterocycles. The summed E-state index contributed by atoms with van der Waals surface area (Å²) in [5.74, 6) is 0.407. The van der Waals surface area contributed by atoms with Gasteiger partial charge in [-0.3, -0.25) is 9.69 Å². The van der Waals surface area contributed by atoms with Crippen molar-refractivity contribution in [3.8, 4) is 5.75 Å². The highest BCUT2D eigenvalue weighted by Crippen LogP contribution is 2.38. The topological polar surface area (TPSA) is 70.0 Å². The molecule has 1 aliphatic heterocycles. The molecule has 1 heterocycles. The standard InChI is InChI=1S/C20H29NO4/c1-25-18-7-5-15(6-8-18)16-9-11-21(13-16)14-20(24)10-3-2-4-17(20)12-19(22)23/h5-8,16-17,24H,2-4,9-14H2,1H3,(H,22,23)/t16?,17-,20+/m1/s1. The second-order valence-corrected chi connectivity index (χ2v) is 7.64. The zero-order valence-electron chi connectivity index (χ0n) is 15.0. The Morgan fingerprint density at radius 3 is 2.72 bits per heavy atom. The lowest BCUT2D eigenvalue weighted by Crippen LogP contribution is -2.50. The molecule has 0 bridgehead atoms. The Balaban J connectivity index is 1.61. The Morgan fingerprint density at radius 2 is 2.04 bits per heavy atom. The molecule has 1 aromatic carbocycles. The number of aliphatic hydroxyl groups is 1. The predicted octanol–water partition coefficient (Wildman–Crippen LogP) is 2.88. The number of nitrogens with zero attached hydrogens (tertiary/aromatic N) is 1. The third-order valence-electron chi connectivity index (χ3n) is 5.95. The number of β-amino-alcohol motifs (C(OH)–C–C–N with tert-alkyl or cyclic N) is 1. The van der Waals surface area contributed by atoms with Crippen molar-refractivity contribution >= 4 is 5.97 Å². The Kier molecular flexibility index (Phi) is 5.64. The van der Waals surface area contributed by atoms with Crippen molar-refractivity contribution in [1.29, 1.82) is 0 Å². The number of hydrogen-bond donors (Lipinski definition) is 2. The van der Waals surface area contributed by atoms with Crippen LogP contribution in [0.5, 0.6) is 5.75 Å². The molecule has 1 saturated carbocycles. The van der Waals surface area contributed by atoms with Gasteiger partial charge in [0.25, 0.3) is 0 Å². The highest BCUT2D eigenvalue weighted by atomic mass is 16.5. The average molecular weight is 347 g/mol. The van der Waals surface area contributed by atoms with E-state index in [0.717, 1.165) is 44.5 Å². The Labute approximate surface area is 149 Å². The molecule has 0 amide bonds. The molecule has 138 valence electrons. The minimum atomic E-state index is -0.856. The van der Waals surface area contributed by atoms with E-state index in [1.807, 2.05) is 12.1 Å². The van der Waals surface area contributed by atoms with Crippen LogP contribution in [0.3, 0.4) is 0 Å². The Morgan fingerprint density at radius 1 is 1.28 bits per heavy atom. The van der Waals surface area contributed by atoms with Gasteiger partial charge in [-0.1, -0.05) is 25.0 Å². The number of rotatable bonds is 6. The maximum absolute atomic E-state index is 11.1. The first-order chi connectivity index (χ1) is 12.0. The average Bonchev–Trinajstić information content (AvgIpc) is 3.05. The van der Waals surface area contributed by atoms with Gasteiger partial charge in [-0.15, -0.1) is 0 Å². The Hall–Kier alpha value is -1.59. The van der Waals surface area contributed by atoms with Crippen molar-refractivity contribution in [2.75, 3.05) is 26.7 Å². The minimum absolute atomic E-state index is 0.0756. The summed E-state index contributed by atoms with van der Waals surface area (Å²) in [6.45, 7) is 2.48. The smallest absolute Gasteiger partial charge is 0.303 e. The van der Waals surface area contributed by atoms with E-state index in [0.29, 0.717) is 18.9 Å². The molecule has 2 aliphatic rings. The van der Waals surface area contributed by atoms with E-state index < -0.39 is 11.6 Å². The third-order valence-corrected chi connectivity index (χ3v) is 5.95. The van der Waals surface area contributed by atoms with E-state index in [1.165, 1.54) is 5.56 Å². The first-order valence-electron chi connectivity index (χ1n) is 9.30. The first kappa shape index (κ1) is 18.2. The number of methoxy groups -OCH3 is 1. The van der Waals surface area contributed by atoms with Gasteiger partial charge in [0.2, 0.25) is 0 Å². The van der Waals surface area contributed by atoms with Crippen molar-refractivity contribution in [1.82, 2.24) is 4.90 Å². The molecule has 5 nitrogen and oxygen atoms in total. The summed E-state index contributed by atoms with van der Waals surface area (Å²) in [7, 11) is 1.67. The molecule has 2 N–H and O–H groups in total. The summed E-state index contributed by atoms with van der Waals surface area (Å²) in [6, 6.07) is 8.23. The van der Waals surface area contributed by atoms with E-state index in [-0.39, 0.29) is 12.3 Å². The lowest BCUT2D eigenvalue weighted by molar-refractivity contribution is -0.143. The zero-order valence-corrected chi connectivity index (χ0v) is 15.0. The Bertz CT molecular complexity index is 588. The van der Waals surface area contributed by atoms with Gasteiger partial charge in [0.1, 0.15) is 5.75 Å². The SMILES string of the molecule is COc1ccc(C2CCN(C[C@@]3(O)CCCC[C@@H]3CC(=O)O)C2)cc1. The number of likely N-dealkylation sites (tertiary alicyclic amines) is 1. The van der Waals surface area contributed by atoms with Crippen LogP contribution < -0.4 is 4.74 Å². The molecule has 2 fully saturated rings. The fourth-order valence-electron chi connectivity index (χ4n) is 4.52. The molecule has 0 radical (unpaired) electrons. The molecule has 0 spiro atoms. The van der Waals surface area contributed by atoms with E-state index >= 15 is 0 Å². The lowest BCUT2D eigenvalue weighted by atomic mass is 9.73. The summed E-state index contributed by atoms with van der Waals surface area (Å²) < 4.78 is 5.22. The molecule has 25 heavy (non-hydrogen) atoms. The number of aliphatic carboxylic acids is 1. The van der Waals surface area contributed by atoms with Crippen molar-refractivity contribution in [2.24, 2.45) is 5.92 Å². The van der Waals surface area contributed by atoms with Crippen LogP contribution in [-0.2, 0) is 4.79 Å². The predicted molar refractivity (Wildman–Crippen MR) is 96.0 cm³/mol. The van der Waals surface area contributed by atoms with Crippen molar-refractivity contribution in [2.45, 2.75) is 50.0 Å². The third kappa shape index (κ3) is 4.33. The van der Waals surface area contributed by atoms with Crippen LogP contribution >= 0.6 is 0 Å². The fourth-order valence-corrected chi connectivity index (χ4v) is 4.52. The molecular weight excluding hydrogens is 318 g/mol. The summed E-state index contributed by atoms with van der Waals surface area (Å²) in [6.07, 6.45) is 4.70. The summed E-state index contributed by atoms with van der Waals surface area (Å²) in [5, 5.41) is 20.3. The summed E-state index contributed by atoms with van der Waals surface area (Å²) >= 11 is 0. The van der Waals surface area contributed by atoms with E-state index in [4.69, 9.17) is 9.84 Å². The number of hydrogen-bond acceptors (Lipinski definition) is 4. The second-order valence-electron chi connectivity index (χ2n) is 7.64. The van der Waals surface area contributed by atoms with Crippen molar-refractivity contribution in [3.05, 3.63) is 29.8 Å². The number of ether oxygens (including phenoxy) is 1. The summed E-state index contributed by atoms with van der Waals surface area (Å²) in [4.78, 5) is 13.5. The molecule has 1 aromatic rings. The first-order valence-corrected chi connectivity index (χ1v) is 9.30. The molecule has 0 aromatic heterocycles. The minimum Gasteiger partial charge on any atom is -0.497 e. The van der Waals surface area contributed by atoms with E-state index in [9.17, 15) is 9.90 Å². The zero-order chi connectivity index (χ0) is 17.9. The van der Waals surface area contributed by atoms with Crippen LogP contribution in [0.2, 0.25) is 0 Å². The van der Waals surface area contributed by atoms with Gasteiger partial charge in [0.05, 0.1) is 19.1 Å². The van der Waals surface area contributed by atoms with Crippen LogP contribution in [0.15, 0.2) is 24.3 Å². The van der Waals surface area contributed by atoms with Crippen LogP contribution in [0, 0.1) is 5.92 Å². The molecule has 5 heteroatoms. The van der Waals surface area contributed by atoms with Crippen molar-refractivity contribution in [3.63, 3.8) is 0 Å². The van der Waals surface area contributed by atoms with Gasteiger partial charge in [0.15, 0.2) is 0 Å². The van der Waals surface area contributed by atoms with Gasteiger partial charge >= 0.3 is 5.97 Å². The van der Waals surface area contributed by atoms with Crippen LogP contribution in [0.1, 0.15) is 50.0 Å². The quantitative estimate of drug-likeness (QED) is 0.828. The normalized spacial score (nSPS) is 30.3. The van der Waals surface area contributed by atoms with Gasteiger partial charge in [0, 0.05) is 13.1 Å². The van der Waals surface area contributed by atoms with Crippen molar-refractivity contribution < 1.29 is 19.7 Å². The number of carbonyl (C=O) groups is 1. The van der Waals surface area contributed by atoms with Crippen LogP contribution in [0.25, 0.3) is 0 Å². The number of carboxylic acid groups (broad SMARTS) is 1. The molecule has 3 rings (SSSR count). The van der Waals surface area contributed by atoms with E-state index in [2.05, 4.69) is 17.0 Å². The fraction of sp³-hybridized carbons (Fsp3) is 0.650. The number of benzene rings is 1. The second kappa shape index (κ2) is 7.75. The van der Waals surface area contributed by atoms with E-state index in [1.54, 1.807) is 7.11 Å². The maximum Gasteiger partial charge on any atom is 0.303 e. The monoisotopic (exact) mass is 347 g/mol. The van der Waals surface area contributed by atoms with Gasteiger partial charge in [-0.25, -0.2) is 0 Å². The highest BCUT2D eigenvalue weighted by molar-refractivity contribution is 5.67. The largest absolute Gasteiger partial charge is 0.497 e. The van der Waals surface area contributed by atoms with Crippen LogP contribution in [-0.4, -0.2) is 53.4 Å². The summed E-state index contributed by atoms with van der Waals surface area (Å²) in [5.41, 5.74) is 0.451. The molecular formula is C20H29NO4. The molecule has 1 aliphatic carbocycles. The lowest BCUT2D eigenvalue weighted by Gasteiger charge is -2.42. The van der Waals surface area contributed by atoms with Crippen LogP contribution in [0.4, 0.5) is 0 Å². The maximum atomic E-state index is 11.1. The van der Waals surface area contributed by atoms with Gasteiger partial charge < -0.3 is 14.9 Å².